The van der Waals surface area contributed by atoms with Crippen LogP contribution < -0.4 is 5.73 Å². The van der Waals surface area contributed by atoms with Crippen LogP contribution in [0.3, 0.4) is 0 Å². The largest absolute Gasteiger partial charge is 0.389 e. The van der Waals surface area contributed by atoms with Gasteiger partial charge in [-0.15, -0.1) is 10.2 Å². The van der Waals surface area contributed by atoms with Gasteiger partial charge in [0, 0.05) is 6.54 Å². The fourth-order valence-corrected chi connectivity index (χ4v) is 1.97. The molecule has 0 saturated heterocycles. The maximum atomic E-state index is 9.57. The fourth-order valence-electron chi connectivity index (χ4n) is 1.28. The lowest BCUT2D eigenvalue weighted by molar-refractivity contribution is 0.0424. The third-order valence-electron chi connectivity index (χ3n) is 1.54. The van der Waals surface area contributed by atoms with E-state index in [-0.39, 0.29) is 0 Å². The van der Waals surface area contributed by atoms with Crippen LogP contribution in [-0.4, -0.2) is 39.4 Å². The molecule has 5 nitrogen and oxygen atoms in total. The number of anilines is 1. The second kappa shape index (κ2) is 4.20. The van der Waals surface area contributed by atoms with E-state index < -0.39 is 5.60 Å². The molecule has 0 saturated carbocycles. The van der Waals surface area contributed by atoms with E-state index in [9.17, 15) is 5.11 Å². The van der Waals surface area contributed by atoms with Crippen LogP contribution in [0.15, 0.2) is 0 Å². The van der Waals surface area contributed by atoms with Crippen molar-refractivity contribution in [3.63, 3.8) is 0 Å². The Morgan fingerprint density at radius 2 is 2.14 bits per heavy atom. The first-order valence-corrected chi connectivity index (χ1v) is 5.17. The standard InChI is InChI=1S/C8H16N4OS/c1-8(2,13)5-12(3)4-6-10-11-7(9)14-6/h13H,4-5H2,1-3H3,(H2,9,11). The maximum Gasteiger partial charge on any atom is 0.203 e. The van der Waals surface area contributed by atoms with Gasteiger partial charge in [-0.1, -0.05) is 11.3 Å². The fraction of sp³-hybridized carbons (Fsp3) is 0.750. The topological polar surface area (TPSA) is 75.3 Å². The zero-order valence-corrected chi connectivity index (χ0v) is 9.51. The lowest BCUT2D eigenvalue weighted by atomic mass is 10.1. The van der Waals surface area contributed by atoms with E-state index in [2.05, 4.69) is 10.2 Å². The number of hydrogen-bond donors (Lipinski definition) is 2. The van der Waals surface area contributed by atoms with Crippen molar-refractivity contribution in [2.45, 2.75) is 26.0 Å². The quantitative estimate of drug-likeness (QED) is 0.758. The van der Waals surface area contributed by atoms with Crippen molar-refractivity contribution in [1.82, 2.24) is 15.1 Å². The van der Waals surface area contributed by atoms with Gasteiger partial charge in [0.25, 0.3) is 0 Å². The van der Waals surface area contributed by atoms with Crippen molar-refractivity contribution in [2.24, 2.45) is 0 Å². The Kier molecular flexibility index (Phi) is 3.41. The highest BCUT2D eigenvalue weighted by atomic mass is 32.1. The molecule has 0 aliphatic rings. The van der Waals surface area contributed by atoms with Gasteiger partial charge in [0.15, 0.2) is 0 Å². The van der Waals surface area contributed by atoms with Gasteiger partial charge in [-0.25, -0.2) is 0 Å². The summed E-state index contributed by atoms with van der Waals surface area (Å²) in [5.74, 6) is 0. The van der Waals surface area contributed by atoms with E-state index in [1.807, 2.05) is 11.9 Å². The number of aliphatic hydroxyl groups is 1. The summed E-state index contributed by atoms with van der Waals surface area (Å²) in [4.78, 5) is 1.99. The number of nitrogens with zero attached hydrogens (tertiary/aromatic N) is 3. The number of rotatable bonds is 4. The Bertz CT molecular complexity index is 294. The van der Waals surface area contributed by atoms with E-state index in [1.54, 1.807) is 13.8 Å². The van der Waals surface area contributed by atoms with E-state index in [1.165, 1.54) is 11.3 Å². The van der Waals surface area contributed by atoms with Crippen LogP contribution in [0.2, 0.25) is 0 Å². The smallest absolute Gasteiger partial charge is 0.203 e. The maximum absolute atomic E-state index is 9.57. The number of nitrogens with two attached hydrogens (primary N) is 1. The molecule has 0 amide bonds. The number of hydrogen-bond acceptors (Lipinski definition) is 6. The van der Waals surface area contributed by atoms with Crippen molar-refractivity contribution in [1.29, 1.82) is 0 Å². The molecule has 0 fully saturated rings. The number of likely N-dealkylation sites (N-methyl/N-ethyl adjacent to an activating group) is 1. The summed E-state index contributed by atoms with van der Waals surface area (Å²) in [7, 11) is 1.93. The average Bonchev–Trinajstić information content (AvgIpc) is 2.30. The van der Waals surface area contributed by atoms with Crippen LogP contribution in [0.25, 0.3) is 0 Å². The van der Waals surface area contributed by atoms with Crippen LogP contribution >= 0.6 is 11.3 Å². The van der Waals surface area contributed by atoms with Crippen molar-refractivity contribution in [3.8, 4) is 0 Å². The molecule has 0 atom stereocenters. The Labute approximate surface area is 87.6 Å². The van der Waals surface area contributed by atoms with Gasteiger partial charge in [-0.05, 0) is 20.9 Å². The Morgan fingerprint density at radius 3 is 2.57 bits per heavy atom. The second-order valence-electron chi connectivity index (χ2n) is 4.02. The highest BCUT2D eigenvalue weighted by Crippen LogP contribution is 2.13. The van der Waals surface area contributed by atoms with Crippen LogP contribution in [0.5, 0.6) is 0 Å². The predicted molar refractivity (Wildman–Crippen MR) is 57.0 cm³/mol. The summed E-state index contributed by atoms with van der Waals surface area (Å²) >= 11 is 1.37. The molecule has 1 rings (SSSR count). The minimum Gasteiger partial charge on any atom is -0.389 e. The van der Waals surface area contributed by atoms with E-state index in [0.29, 0.717) is 18.2 Å². The number of nitrogen functional groups attached to an aromatic ring is 1. The van der Waals surface area contributed by atoms with Crippen molar-refractivity contribution in [2.75, 3.05) is 19.3 Å². The summed E-state index contributed by atoms with van der Waals surface area (Å²) in [6.45, 7) is 4.81. The molecule has 0 unspecified atom stereocenters. The molecule has 1 aromatic heterocycles. The molecule has 80 valence electrons. The highest BCUT2D eigenvalue weighted by molar-refractivity contribution is 7.15. The first-order chi connectivity index (χ1) is 6.37. The summed E-state index contributed by atoms with van der Waals surface area (Å²) in [6, 6.07) is 0. The minimum atomic E-state index is -0.690. The molecule has 0 aliphatic heterocycles. The van der Waals surface area contributed by atoms with Gasteiger partial charge in [0.1, 0.15) is 5.01 Å². The van der Waals surface area contributed by atoms with Crippen LogP contribution in [0.1, 0.15) is 18.9 Å². The van der Waals surface area contributed by atoms with Gasteiger partial charge < -0.3 is 10.8 Å². The number of aromatic nitrogens is 2. The van der Waals surface area contributed by atoms with Gasteiger partial charge >= 0.3 is 0 Å². The molecule has 0 radical (unpaired) electrons. The molecule has 1 heterocycles. The monoisotopic (exact) mass is 216 g/mol. The second-order valence-corrected chi connectivity index (χ2v) is 5.11. The molecule has 0 aliphatic carbocycles. The molecule has 1 aromatic rings. The molecule has 14 heavy (non-hydrogen) atoms. The van der Waals surface area contributed by atoms with Crippen molar-refractivity contribution >= 4 is 16.5 Å². The van der Waals surface area contributed by atoms with E-state index >= 15 is 0 Å². The van der Waals surface area contributed by atoms with Gasteiger partial charge in [0.2, 0.25) is 5.13 Å². The highest BCUT2D eigenvalue weighted by Gasteiger charge is 2.16. The zero-order chi connectivity index (χ0) is 10.8. The third kappa shape index (κ3) is 3.99. The summed E-state index contributed by atoms with van der Waals surface area (Å²) in [5, 5.41) is 18.6. The average molecular weight is 216 g/mol. The van der Waals surface area contributed by atoms with Crippen LogP contribution in [-0.2, 0) is 6.54 Å². The van der Waals surface area contributed by atoms with Gasteiger partial charge in [-0.2, -0.15) is 0 Å². The molecule has 0 aromatic carbocycles. The summed E-state index contributed by atoms with van der Waals surface area (Å²) < 4.78 is 0. The lowest BCUT2D eigenvalue weighted by Crippen LogP contribution is -2.35. The predicted octanol–water partition coefficient (Wildman–Crippen LogP) is 0.323. The van der Waals surface area contributed by atoms with Gasteiger partial charge in [0.05, 0.1) is 12.1 Å². The SMILES string of the molecule is CN(Cc1nnc(N)s1)CC(C)(C)O. The first kappa shape index (κ1) is 11.4. The first-order valence-electron chi connectivity index (χ1n) is 4.35. The third-order valence-corrected chi connectivity index (χ3v) is 2.28. The van der Waals surface area contributed by atoms with E-state index in [0.717, 1.165) is 5.01 Å². The Hall–Kier alpha value is -0.720. The lowest BCUT2D eigenvalue weighted by Gasteiger charge is -2.24. The Morgan fingerprint density at radius 1 is 1.50 bits per heavy atom. The molecule has 0 bridgehead atoms. The molecular formula is C8H16N4OS. The summed E-state index contributed by atoms with van der Waals surface area (Å²) in [5.41, 5.74) is 4.77. The van der Waals surface area contributed by atoms with Crippen LogP contribution in [0, 0.1) is 0 Å². The molecule has 0 spiro atoms. The Balaban J connectivity index is 2.45. The molecule has 6 heteroatoms. The molecule has 3 N–H and O–H groups in total. The summed E-state index contributed by atoms with van der Waals surface area (Å²) in [6.07, 6.45) is 0. The van der Waals surface area contributed by atoms with Crippen molar-refractivity contribution in [3.05, 3.63) is 5.01 Å². The normalized spacial score (nSPS) is 12.4. The van der Waals surface area contributed by atoms with Crippen LogP contribution in [0.4, 0.5) is 5.13 Å². The molecular weight excluding hydrogens is 200 g/mol. The zero-order valence-electron chi connectivity index (χ0n) is 8.69. The van der Waals surface area contributed by atoms with E-state index in [4.69, 9.17) is 5.73 Å². The van der Waals surface area contributed by atoms with Crippen molar-refractivity contribution < 1.29 is 5.11 Å². The minimum absolute atomic E-state index is 0.483. The van der Waals surface area contributed by atoms with Gasteiger partial charge in [-0.3, -0.25) is 4.90 Å².